The van der Waals surface area contributed by atoms with E-state index in [1.54, 1.807) is 17.0 Å². The number of hydrogen-bond acceptors (Lipinski definition) is 7. The van der Waals surface area contributed by atoms with Crippen molar-refractivity contribution in [2.45, 2.75) is 25.7 Å². The van der Waals surface area contributed by atoms with Gasteiger partial charge in [0.2, 0.25) is 0 Å². The van der Waals surface area contributed by atoms with Gasteiger partial charge in [-0.15, -0.1) is 5.10 Å². The second-order valence-corrected chi connectivity index (χ2v) is 7.50. The van der Waals surface area contributed by atoms with Crippen LogP contribution in [0.15, 0.2) is 34.9 Å². The number of benzene rings is 1. The number of likely N-dealkylation sites (tertiary alicyclic amines) is 1. The summed E-state index contributed by atoms with van der Waals surface area (Å²) in [5.41, 5.74) is 1.63. The molecule has 1 aliphatic heterocycles. The fourth-order valence-electron chi connectivity index (χ4n) is 3.33. The van der Waals surface area contributed by atoms with E-state index in [1.165, 1.54) is 23.7 Å². The molecule has 3 aromatic rings. The average molecular weight is 402 g/mol. The molecule has 0 radical (unpaired) electrons. The van der Waals surface area contributed by atoms with Crippen molar-refractivity contribution >= 4 is 17.4 Å². The third-order valence-corrected chi connectivity index (χ3v) is 5.44. The Morgan fingerprint density at radius 3 is 3.11 bits per heavy atom. The lowest BCUT2D eigenvalue weighted by molar-refractivity contribution is -0.134. The van der Waals surface area contributed by atoms with E-state index in [4.69, 9.17) is 9.26 Å². The van der Waals surface area contributed by atoms with Crippen molar-refractivity contribution < 1.29 is 18.4 Å². The number of aromatic nitrogens is 3. The molecule has 0 saturated carbocycles. The smallest absolute Gasteiger partial charge is 0.260 e. The molecular weight excluding hydrogens is 383 g/mol. The maximum absolute atomic E-state index is 13.2. The van der Waals surface area contributed by atoms with Gasteiger partial charge in [0.05, 0.1) is 11.4 Å². The lowest BCUT2D eigenvalue weighted by atomic mass is 9.93. The highest BCUT2D eigenvalue weighted by atomic mass is 32.1. The lowest BCUT2D eigenvalue weighted by Gasteiger charge is -2.32. The Bertz CT molecular complexity index is 974. The molecule has 146 valence electrons. The zero-order chi connectivity index (χ0) is 19.5. The van der Waals surface area contributed by atoms with Gasteiger partial charge in [-0.05, 0) is 43.4 Å². The summed E-state index contributed by atoms with van der Waals surface area (Å²) in [6.45, 7) is 2.94. The SMILES string of the molecule is Cc1cc(-c2snnc2[C@H]2CCCN(C(=O)COc3cccc(F)c3)C2)on1. The number of hydrogen-bond donors (Lipinski definition) is 0. The van der Waals surface area contributed by atoms with Crippen molar-refractivity contribution in [1.29, 1.82) is 0 Å². The Hall–Kier alpha value is -2.81. The van der Waals surface area contributed by atoms with Crippen molar-refractivity contribution in [3.8, 4) is 16.4 Å². The van der Waals surface area contributed by atoms with E-state index >= 15 is 0 Å². The molecule has 1 fully saturated rings. The summed E-state index contributed by atoms with van der Waals surface area (Å²) < 4.78 is 28.1. The minimum absolute atomic E-state index is 0.0750. The van der Waals surface area contributed by atoms with E-state index in [1.807, 2.05) is 13.0 Å². The van der Waals surface area contributed by atoms with Crippen LogP contribution in [-0.2, 0) is 4.79 Å². The van der Waals surface area contributed by atoms with Gasteiger partial charge in [-0.3, -0.25) is 4.79 Å². The van der Waals surface area contributed by atoms with Crippen LogP contribution in [-0.4, -0.2) is 45.2 Å². The molecule has 3 heterocycles. The number of piperidine rings is 1. The van der Waals surface area contributed by atoms with E-state index in [9.17, 15) is 9.18 Å². The van der Waals surface area contributed by atoms with Crippen LogP contribution in [0.3, 0.4) is 0 Å². The molecule has 0 bridgehead atoms. The Labute approximate surface area is 165 Å². The maximum atomic E-state index is 13.2. The van der Waals surface area contributed by atoms with Crippen LogP contribution in [0.4, 0.5) is 4.39 Å². The molecule has 0 N–H and O–H groups in total. The van der Waals surface area contributed by atoms with Crippen LogP contribution in [0.1, 0.15) is 30.1 Å². The van der Waals surface area contributed by atoms with Crippen LogP contribution in [0, 0.1) is 12.7 Å². The number of aryl methyl sites for hydroxylation is 1. The van der Waals surface area contributed by atoms with Gasteiger partial charge in [-0.25, -0.2) is 4.39 Å². The summed E-state index contributed by atoms with van der Waals surface area (Å²) in [4.78, 5) is 15.2. The molecule has 0 spiro atoms. The molecule has 9 heteroatoms. The topological polar surface area (TPSA) is 81.4 Å². The first-order valence-corrected chi connectivity index (χ1v) is 9.79. The summed E-state index contributed by atoms with van der Waals surface area (Å²) in [6.07, 6.45) is 1.78. The van der Waals surface area contributed by atoms with Crippen LogP contribution >= 0.6 is 11.5 Å². The number of nitrogens with zero attached hydrogens (tertiary/aromatic N) is 4. The molecule has 1 aliphatic rings. The van der Waals surface area contributed by atoms with Crippen molar-refractivity contribution in [3.05, 3.63) is 47.5 Å². The molecule has 28 heavy (non-hydrogen) atoms. The van der Waals surface area contributed by atoms with Crippen LogP contribution in [0.5, 0.6) is 5.75 Å². The van der Waals surface area contributed by atoms with Gasteiger partial charge >= 0.3 is 0 Å². The van der Waals surface area contributed by atoms with E-state index in [0.29, 0.717) is 24.6 Å². The largest absolute Gasteiger partial charge is 0.484 e. The standard InChI is InChI=1S/C19H19FN4O3S/c1-12-8-16(27-22-12)19-18(21-23-28-19)13-4-3-7-24(10-13)17(25)11-26-15-6-2-5-14(20)9-15/h2,5-6,8-9,13H,3-4,7,10-11H2,1H3/t13-/m0/s1. The van der Waals surface area contributed by atoms with Gasteiger partial charge in [0.15, 0.2) is 12.4 Å². The summed E-state index contributed by atoms with van der Waals surface area (Å²) in [7, 11) is 0. The fourth-order valence-corrected chi connectivity index (χ4v) is 4.02. The first kappa shape index (κ1) is 18.5. The Balaban J connectivity index is 1.42. The van der Waals surface area contributed by atoms with E-state index in [2.05, 4.69) is 14.7 Å². The highest BCUT2D eigenvalue weighted by Gasteiger charge is 2.30. The van der Waals surface area contributed by atoms with Crippen LogP contribution in [0.25, 0.3) is 10.6 Å². The third kappa shape index (κ3) is 4.04. The van der Waals surface area contributed by atoms with Crippen LogP contribution in [0.2, 0.25) is 0 Å². The zero-order valence-electron chi connectivity index (χ0n) is 15.3. The average Bonchev–Trinajstić information content (AvgIpc) is 3.35. The van der Waals surface area contributed by atoms with Gasteiger partial charge in [0, 0.05) is 31.1 Å². The van der Waals surface area contributed by atoms with Gasteiger partial charge < -0.3 is 14.2 Å². The molecule has 1 aromatic carbocycles. The first-order valence-electron chi connectivity index (χ1n) is 9.02. The van der Waals surface area contributed by atoms with E-state index in [-0.39, 0.29) is 18.4 Å². The Morgan fingerprint density at radius 1 is 1.43 bits per heavy atom. The predicted octanol–water partition coefficient (Wildman–Crippen LogP) is 3.43. The highest BCUT2D eigenvalue weighted by molar-refractivity contribution is 7.09. The van der Waals surface area contributed by atoms with Crippen molar-refractivity contribution in [2.75, 3.05) is 19.7 Å². The number of rotatable bonds is 5. The van der Waals surface area contributed by atoms with Crippen LogP contribution < -0.4 is 4.74 Å². The Kier molecular flexibility index (Phi) is 5.34. The molecular formula is C19H19FN4O3S. The lowest BCUT2D eigenvalue weighted by Crippen LogP contribution is -2.41. The summed E-state index contributed by atoms with van der Waals surface area (Å²) in [5, 5.41) is 8.22. The quantitative estimate of drug-likeness (QED) is 0.650. The molecule has 2 aromatic heterocycles. The minimum Gasteiger partial charge on any atom is -0.484 e. The first-order chi connectivity index (χ1) is 13.6. The fraction of sp³-hybridized carbons (Fsp3) is 0.368. The number of ether oxygens (including phenoxy) is 1. The van der Waals surface area contributed by atoms with E-state index in [0.717, 1.165) is 29.1 Å². The van der Waals surface area contributed by atoms with Crippen molar-refractivity contribution in [1.82, 2.24) is 19.6 Å². The normalized spacial score (nSPS) is 16.9. The number of halogens is 1. The van der Waals surface area contributed by atoms with Gasteiger partial charge in [-0.2, -0.15) is 0 Å². The number of amides is 1. The monoisotopic (exact) mass is 402 g/mol. The molecule has 4 rings (SSSR count). The summed E-state index contributed by atoms with van der Waals surface area (Å²) in [6, 6.07) is 7.63. The van der Waals surface area contributed by atoms with Gasteiger partial charge in [0.25, 0.3) is 5.91 Å². The van der Waals surface area contributed by atoms with Crippen molar-refractivity contribution in [2.24, 2.45) is 0 Å². The number of carbonyl (C=O) groups is 1. The molecule has 7 nitrogen and oxygen atoms in total. The Morgan fingerprint density at radius 2 is 2.32 bits per heavy atom. The second kappa shape index (κ2) is 8.05. The summed E-state index contributed by atoms with van der Waals surface area (Å²) in [5.74, 6) is 0.545. The van der Waals surface area contributed by atoms with Gasteiger partial charge in [0.1, 0.15) is 16.4 Å². The third-order valence-electron chi connectivity index (χ3n) is 4.68. The molecule has 0 aliphatic carbocycles. The highest BCUT2D eigenvalue weighted by Crippen LogP contribution is 2.35. The number of carbonyl (C=O) groups excluding carboxylic acids is 1. The molecule has 0 unspecified atom stereocenters. The molecule has 1 amide bonds. The second-order valence-electron chi connectivity index (χ2n) is 6.74. The van der Waals surface area contributed by atoms with E-state index < -0.39 is 5.82 Å². The molecule has 1 saturated heterocycles. The maximum Gasteiger partial charge on any atom is 0.260 e. The zero-order valence-corrected chi connectivity index (χ0v) is 16.1. The van der Waals surface area contributed by atoms with Gasteiger partial charge in [-0.1, -0.05) is 15.7 Å². The molecule has 1 atom stereocenters. The van der Waals surface area contributed by atoms with Crippen molar-refractivity contribution in [3.63, 3.8) is 0 Å². The predicted molar refractivity (Wildman–Crippen MR) is 101 cm³/mol. The summed E-state index contributed by atoms with van der Waals surface area (Å²) >= 11 is 1.27. The minimum atomic E-state index is -0.394.